The topological polar surface area (TPSA) is 57.0 Å². The number of benzene rings is 1. The Labute approximate surface area is 135 Å². The molecule has 0 atom stereocenters. The molecule has 0 unspecified atom stereocenters. The first-order valence-corrected chi connectivity index (χ1v) is 8.11. The Morgan fingerprint density at radius 2 is 2.23 bits per heavy atom. The molecule has 1 aromatic heterocycles. The first kappa shape index (κ1) is 16.2. The minimum Gasteiger partial charge on any atom is -0.340 e. The summed E-state index contributed by atoms with van der Waals surface area (Å²) in [7, 11) is 0. The number of amides is 1. The Morgan fingerprint density at radius 1 is 1.45 bits per heavy atom. The molecule has 0 saturated carbocycles. The first-order valence-electron chi connectivity index (χ1n) is 7.23. The molecule has 0 radical (unpaired) electrons. The van der Waals surface area contributed by atoms with Crippen LogP contribution in [-0.4, -0.2) is 28.4 Å². The fraction of sp³-hybridized carbons (Fsp3) is 0.353. The zero-order valence-corrected chi connectivity index (χ0v) is 13.9. The number of carbonyl (C=O) groups is 1. The molecule has 2 aromatic rings. The molecule has 0 aliphatic heterocycles. The van der Waals surface area contributed by atoms with E-state index in [-0.39, 0.29) is 11.9 Å². The second kappa shape index (κ2) is 7.19. The Kier molecular flexibility index (Phi) is 5.29. The summed E-state index contributed by atoms with van der Waals surface area (Å²) < 4.78 is 0. The lowest BCUT2D eigenvalue weighted by atomic mass is 10.1. The summed E-state index contributed by atoms with van der Waals surface area (Å²) in [4.78, 5) is 18.0. The van der Waals surface area contributed by atoms with Crippen molar-refractivity contribution in [2.75, 3.05) is 6.54 Å². The van der Waals surface area contributed by atoms with Gasteiger partial charge in [-0.2, -0.15) is 5.26 Å². The molecule has 0 fully saturated rings. The lowest BCUT2D eigenvalue weighted by Gasteiger charge is -2.24. The van der Waals surface area contributed by atoms with Gasteiger partial charge < -0.3 is 4.90 Å². The Bertz CT molecular complexity index is 700. The molecular weight excluding hydrogens is 294 g/mol. The number of nitriles is 1. The average Bonchev–Trinajstić information content (AvgIpc) is 2.95. The SMILES string of the molecule is CC(=O)N(CCc1nc(-c2cccc(C#N)c2)cs1)C(C)C. The van der Waals surface area contributed by atoms with Crippen molar-refractivity contribution in [1.29, 1.82) is 5.26 Å². The highest BCUT2D eigenvalue weighted by atomic mass is 32.1. The highest BCUT2D eigenvalue weighted by Gasteiger charge is 2.13. The van der Waals surface area contributed by atoms with Gasteiger partial charge >= 0.3 is 0 Å². The molecule has 1 heterocycles. The third kappa shape index (κ3) is 3.92. The van der Waals surface area contributed by atoms with Gasteiger partial charge in [-0.1, -0.05) is 12.1 Å². The van der Waals surface area contributed by atoms with Gasteiger partial charge in [0.05, 0.1) is 22.3 Å². The summed E-state index contributed by atoms with van der Waals surface area (Å²) in [6, 6.07) is 9.78. The lowest BCUT2D eigenvalue weighted by molar-refractivity contribution is -0.130. The fourth-order valence-corrected chi connectivity index (χ4v) is 3.10. The number of aromatic nitrogens is 1. The fourth-order valence-electron chi connectivity index (χ4n) is 2.30. The molecule has 4 nitrogen and oxygen atoms in total. The van der Waals surface area contributed by atoms with Gasteiger partial charge in [-0.15, -0.1) is 11.3 Å². The molecule has 0 N–H and O–H groups in total. The quantitative estimate of drug-likeness (QED) is 0.849. The van der Waals surface area contributed by atoms with Gasteiger partial charge in [0.2, 0.25) is 5.91 Å². The highest BCUT2D eigenvalue weighted by molar-refractivity contribution is 7.09. The van der Waals surface area contributed by atoms with Crippen LogP contribution in [0.1, 0.15) is 31.3 Å². The molecule has 0 aliphatic rings. The Hall–Kier alpha value is -2.19. The summed E-state index contributed by atoms with van der Waals surface area (Å²) >= 11 is 1.59. The van der Waals surface area contributed by atoms with Gasteiger partial charge in [0.25, 0.3) is 0 Å². The normalized spacial score (nSPS) is 10.5. The summed E-state index contributed by atoms with van der Waals surface area (Å²) in [6.07, 6.45) is 0.750. The maximum absolute atomic E-state index is 11.6. The zero-order valence-electron chi connectivity index (χ0n) is 13.0. The van der Waals surface area contributed by atoms with Gasteiger partial charge in [-0.3, -0.25) is 4.79 Å². The van der Waals surface area contributed by atoms with Crippen molar-refractivity contribution < 1.29 is 4.79 Å². The molecule has 22 heavy (non-hydrogen) atoms. The summed E-state index contributed by atoms with van der Waals surface area (Å²) in [5, 5.41) is 12.0. The van der Waals surface area contributed by atoms with Crippen LogP contribution < -0.4 is 0 Å². The van der Waals surface area contributed by atoms with E-state index in [1.165, 1.54) is 0 Å². The average molecular weight is 313 g/mol. The van der Waals surface area contributed by atoms with Crippen LogP contribution in [0.4, 0.5) is 0 Å². The van der Waals surface area contributed by atoms with Crippen molar-refractivity contribution in [3.8, 4) is 17.3 Å². The van der Waals surface area contributed by atoms with Crippen LogP contribution in [0.3, 0.4) is 0 Å². The Morgan fingerprint density at radius 3 is 2.86 bits per heavy atom. The van der Waals surface area contributed by atoms with Crippen molar-refractivity contribution in [3.05, 3.63) is 40.2 Å². The lowest BCUT2D eigenvalue weighted by Crippen LogP contribution is -2.36. The van der Waals surface area contributed by atoms with E-state index in [1.54, 1.807) is 24.3 Å². The molecule has 0 bridgehead atoms. The summed E-state index contributed by atoms with van der Waals surface area (Å²) in [5.41, 5.74) is 2.47. The number of hydrogen-bond donors (Lipinski definition) is 0. The molecule has 0 spiro atoms. The zero-order chi connectivity index (χ0) is 16.1. The molecule has 0 aliphatic carbocycles. The van der Waals surface area contributed by atoms with E-state index in [1.807, 2.05) is 42.3 Å². The van der Waals surface area contributed by atoms with Crippen LogP contribution in [0, 0.1) is 11.3 Å². The maximum atomic E-state index is 11.6. The number of carbonyl (C=O) groups excluding carboxylic acids is 1. The van der Waals surface area contributed by atoms with E-state index < -0.39 is 0 Å². The third-order valence-electron chi connectivity index (χ3n) is 3.43. The number of thiazole rings is 1. The van der Waals surface area contributed by atoms with Crippen LogP contribution in [0.25, 0.3) is 11.3 Å². The summed E-state index contributed by atoms with van der Waals surface area (Å²) in [6.45, 7) is 6.31. The maximum Gasteiger partial charge on any atom is 0.219 e. The second-order valence-electron chi connectivity index (χ2n) is 5.38. The van der Waals surface area contributed by atoms with Gasteiger partial charge in [0.1, 0.15) is 0 Å². The minimum absolute atomic E-state index is 0.0912. The van der Waals surface area contributed by atoms with Crippen LogP contribution in [-0.2, 0) is 11.2 Å². The van der Waals surface area contributed by atoms with Crippen molar-refractivity contribution in [2.45, 2.75) is 33.2 Å². The van der Waals surface area contributed by atoms with Crippen molar-refractivity contribution in [1.82, 2.24) is 9.88 Å². The predicted octanol–water partition coefficient (Wildman–Crippen LogP) is 3.48. The number of rotatable bonds is 5. The molecule has 0 saturated heterocycles. The van der Waals surface area contributed by atoms with Crippen LogP contribution in [0.15, 0.2) is 29.6 Å². The van der Waals surface area contributed by atoms with E-state index in [2.05, 4.69) is 11.1 Å². The van der Waals surface area contributed by atoms with Crippen molar-refractivity contribution in [3.63, 3.8) is 0 Å². The first-order chi connectivity index (χ1) is 10.5. The van der Waals surface area contributed by atoms with E-state index >= 15 is 0 Å². The van der Waals surface area contributed by atoms with Crippen molar-refractivity contribution in [2.24, 2.45) is 0 Å². The third-order valence-corrected chi connectivity index (χ3v) is 4.34. The molecule has 1 aromatic carbocycles. The van der Waals surface area contributed by atoms with E-state index in [0.717, 1.165) is 22.7 Å². The van der Waals surface area contributed by atoms with E-state index in [0.29, 0.717) is 12.1 Å². The molecule has 2 rings (SSSR count). The molecule has 114 valence electrons. The molecule has 5 heteroatoms. The van der Waals surface area contributed by atoms with Gasteiger partial charge in [0, 0.05) is 36.9 Å². The Balaban J connectivity index is 2.08. The van der Waals surface area contributed by atoms with Crippen molar-refractivity contribution >= 4 is 17.2 Å². The van der Waals surface area contributed by atoms with Gasteiger partial charge in [-0.05, 0) is 26.0 Å². The number of nitrogens with zero attached hydrogens (tertiary/aromatic N) is 3. The highest BCUT2D eigenvalue weighted by Crippen LogP contribution is 2.23. The smallest absolute Gasteiger partial charge is 0.219 e. The van der Waals surface area contributed by atoms with E-state index in [4.69, 9.17) is 5.26 Å². The second-order valence-corrected chi connectivity index (χ2v) is 6.32. The summed E-state index contributed by atoms with van der Waals surface area (Å²) in [5.74, 6) is 0.0912. The molecule has 1 amide bonds. The van der Waals surface area contributed by atoms with Crippen LogP contribution >= 0.6 is 11.3 Å². The monoisotopic (exact) mass is 313 g/mol. The largest absolute Gasteiger partial charge is 0.340 e. The van der Waals surface area contributed by atoms with Gasteiger partial charge in [-0.25, -0.2) is 4.98 Å². The van der Waals surface area contributed by atoms with E-state index in [9.17, 15) is 4.79 Å². The molecular formula is C17H19N3OS. The predicted molar refractivity (Wildman–Crippen MR) is 88.5 cm³/mol. The standard InChI is InChI=1S/C17H19N3OS/c1-12(2)20(13(3)21)8-7-17-19-16(11-22-17)15-6-4-5-14(9-15)10-18/h4-6,9,11-12H,7-8H2,1-3H3. The minimum atomic E-state index is 0.0912. The van der Waals surface area contributed by atoms with Crippen LogP contribution in [0.2, 0.25) is 0 Å². The number of hydrogen-bond acceptors (Lipinski definition) is 4. The van der Waals surface area contributed by atoms with Gasteiger partial charge in [0.15, 0.2) is 0 Å². The van der Waals surface area contributed by atoms with Crippen LogP contribution in [0.5, 0.6) is 0 Å².